The number of aromatic hydroxyl groups is 2. The van der Waals surface area contributed by atoms with Crippen molar-refractivity contribution in [3.63, 3.8) is 0 Å². The Bertz CT molecular complexity index is 755. The number of amides is 1. The van der Waals surface area contributed by atoms with Crippen LogP contribution in [0.5, 0.6) is 17.2 Å². The maximum atomic E-state index is 12.2. The number of hydrogen-bond acceptors (Lipinski definition) is 5. The first-order valence-corrected chi connectivity index (χ1v) is 7.68. The first kappa shape index (κ1) is 18.4. The standard InChI is InChI=1S/C19H21NO5/c1-20(12-17(23)14-5-7-15(21)8-6-14)19(24)10-4-13-3-9-16(22)18(11-13)25-2/h3-11,17,21-23H,12H2,1-2H3. The molecule has 0 bridgehead atoms. The molecular formula is C19H21NO5. The second kappa shape index (κ2) is 8.21. The number of carbonyl (C=O) groups excluding carboxylic acids is 1. The molecule has 6 nitrogen and oxygen atoms in total. The molecule has 2 aromatic rings. The van der Waals surface area contributed by atoms with Gasteiger partial charge in [-0.15, -0.1) is 0 Å². The third kappa shape index (κ3) is 4.99. The maximum absolute atomic E-state index is 12.2. The van der Waals surface area contributed by atoms with E-state index >= 15 is 0 Å². The Labute approximate surface area is 146 Å². The molecule has 25 heavy (non-hydrogen) atoms. The molecule has 2 rings (SSSR count). The van der Waals surface area contributed by atoms with Crippen molar-refractivity contribution in [2.45, 2.75) is 6.10 Å². The molecule has 0 aromatic heterocycles. The number of methoxy groups -OCH3 is 1. The molecule has 0 radical (unpaired) electrons. The van der Waals surface area contributed by atoms with Gasteiger partial charge in [0.15, 0.2) is 11.5 Å². The summed E-state index contributed by atoms with van der Waals surface area (Å²) in [7, 11) is 3.04. The van der Waals surface area contributed by atoms with Crippen LogP contribution in [0.3, 0.4) is 0 Å². The number of phenolic OH excluding ortho intramolecular Hbond substituents is 2. The fraction of sp³-hybridized carbons (Fsp3) is 0.211. The second-order valence-corrected chi connectivity index (χ2v) is 5.59. The SMILES string of the molecule is COc1cc(C=CC(=O)N(C)CC(O)c2ccc(O)cc2)ccc1O. The second-order valence-electron chi connectivity index (χ2n) is 5.59. The van der Waals surface area contributed by atoms with Gasteiger partial charge >= 0.3 is 0 Å². The Balaban J connectivity index is 1.98. The van der Waals surface area contributed by atoms with E-state index in [1.807, 2.05) is 0 Å². The van der Waals surface area contributed by atoms with Crippen LogP contribution in [0.2, 0.25) is 0 Å². The topological polar surface area (TPSA) is 90.2 Å². The van der Waals surface area contributed by atoms with E-state index in [2.05, 4.69) is 0 Å². The fourth-order valence-electron chi connectivity index (χ4n) is 2.24. The minimum Gasteiger partial charge on any atom is -0.508 e. The van der Waals surface area contributed by atoms with Gasteiger partial charge in [0.2, 0.25) is 5.91 Å². The van der Waals surface area contributed by atoms with Crippen LogP contribution < -0.4 is 4.74 Å². The van der Waals surface area contributed by atoms with Crippen molar-refractivity contribution in [1.82, 2.24) is 4.90 Å². The van der Waals surface area contributed by atoms with Crippen LogP contribution in [0.4, 0.5) is 0 Å². The van der Waals surface area contributed by atoms with Gasteiger partial charge in [-0.1, -0.05) is 18.2 Å². The zero-order valence-electron chi connectivity index (χ0n) is 14.1. The maximum Gasteiger partial charge on any atom is 0.246 e. The molecule has 0 saturated carbocycles. The number of phenols is 2. The molecule has 0 aliphatic carbocycles. The number of hydrogen-bond donors (Lipinski definition) is 3. The molecule has 0 fully saturated rings. The molecule has 3 N–H and O–H groups in total. The number of aliphatic hydroxyl groups excluding tert-OH is 1. The van der Waals surface area contributed by atoms with E-state index in [4.69, 9.17) is 4.74 Å². The van der Waals surface area contributed by atoms with Crippen molar-refractivity contribution in [2.24, 2.45) is 0 Å². The number of rotatable bonds is 6. The highest BCUT2D eigenvalue weighted by Crippen LogP contribution is 2.26. The molecule has 0 aliphatic heterocycles. The highest BCUT2D eigenvalue weighted by atomic mass is 16.5. The molecule has 1 atom stereocenters. The van der Waals surface area contributed by atoms with E-state index < -0.39 is 6.10 Å². The van der Waals surface area contributed by atoms with Crippen LogP contribution in [-0.4, -0.2) is 46.8 Å². The highest BCUT2D eigenvalue weighted by molar-refractivity contribution is 5.91. The summed E-state index contributed by atoms with van der Waals surface area (Å²) in [6, 6.07) is 10.9. The van der Waals surface area contributed by atoms with Crippen molar-refractivity contribution in [3.05, 3.63) is 59.7 Å². The molecule has 2 aromatic carbocycles. The zero-order chi connectivity index (χ0) is 18.4. The molecule has 0 saturated heterocycles. The van der Waals surface area contributed by atoms with Gasteiger partial charge < -0.3 is 25.0 Å². The summed E-state index contributed by atoms with van der Waals surface area (Å²) in [4.78, 5) is 13.6. The van der Waals surface area contributed by atoms with E-state index in [1.54, 1.807) is 37.4 Å². The van der Waals surface area contributed by atoms with Gasteiger partial charge in [-0.25, -0.2) is 0 Å². The van der Waals surface area contributed by atoms with Gasteiger partial charge in [-0.05, 0) is 41.5 Å². The summed E-state index contributed by atoms with van der Waals surface area (Å²) >= 11 is 0. The van der Waals surface area contributed by atoms with Crippen molar-refractivity contribution < 1.29 is 24.9 Å². The normalized spacial score (nSPS) is 12.1. The lowest BCUT2D eigenvalue weighted by molar-refractivity contribution is -0.126. The van der Waals surface area contributed by atoms with Crippen molar-refractivity contribution >= 4 is 12.0 Å². The van der Waals surface area contributed by atoms with Crippen molar-refractivity contribution in [3.8, 4) is 17.2 Å². The summed E-state index contributed by atoms with van der Waals surface area (Å²) in [6.07, 6.45) is 2.14. The number of benzene rings is 2. The molecular weight excluding hydrogens is 322 g/mol. The average Bonchev–Trinajstić information content (AvgIpc) is 2.61. The quantitative estimate of drug-likeness (QED) is 0.700. The average molecular weight is 343 g/mol. The molecule has 132 valence electrons. The Hall–Kier alpha value is -2.99. The molecule has 6 heteroatoms. The predicted molar refractivity (Wildman–Crippen MR) is 94.4 cm³/mol. The van der Waals surface area contributed by atoms with Crippen LogP contribution in [0.15, 0.2) is 48.5 Å². The van der Waals surface area contributed by atoms with E-state index in [0.717, 1.165) is 0 Å². The number of nitrogens with zero attached hydrogens (tertiary/aromatic N) is 1. The first-order valence-electron chi connectivity index (χ1n) is 7.68. The summed E-state index contributed by atoms with van der Waals surface area (Å²) < 4.78 is 5.02. The fourth-order valence-corrected chi connectivity index (χ4v) is 2.24. The number of aliphatic hydroxyl groups is 1. The van der Waals surface area contributed by atoms with Crippen LogP contribution in [0, 0.1) is 0 Å². The number of likely N-dealkylation sites (N-methyl/N-ethyl adjacent to an activating group) is 1. The lowest BCUT2D eigenvalue weighted by Crippen LogP contribution is -2.29. The first-order chi connectivity index (χ1) is 11.9. The number of carbonyl (C=O) groups is 1. The number of ether oxygens (including phenoxy) is 1. The van der Waals surface area contributed by atoms with Gasteiger partial charge in [0, 0.05) is 13.1 Å². The van der Waals surface area contributed by atoms with Crippen molar-refractivity contribution in [1.29, 1.82) is 0 Å². The lowest BCUT2D eigenvalue weighted by atomic mass is 10.1. The molecule has 0 heterocycles. The third-order valence-corrected chi connectivity index (χ3v) is 3.72. The van der Waals surface area contributed by atoms with Gasteiger partial charge in [0.25, 0.3) is 0 Å². The largest absolute Gasteiger partial charge is 0.508 e. The van der Waals surface area contributed by atoms with Crippen molar-refractivity contribution in [2.75, 3.05) is 20.7 Å². The van der Waals surface area contributed by atoms with Crippen LogP contribution in [0.1, 0.15) is 17.2 Å². The van der Waals surface area contributed by atoms with Crippen LogP contribution >= 0.6 is 0 Å². The van der Waals surface area contributed by atoms with E-state index in [0.29, 0.717) is 16.9 Å². The third-order valence-electron chi connectivity index (χ3n) is 3.72. The van der Waals surface area contributed by atoms with Gasteiger partial charge in [0.1, 0.15) is 5.75 Å². The van der Waals surface area contributed by atoms with Gasteiger partial charge in [-0.3, -0.25) is 4.79 Å². The van der Waals surface area contributed by atoms with Crippen LogP contribution in [-0.2, 0) is 4.79 Å². The van der Waals surface area contributed by atoms with E-state index in [9.17, 15) is 20.1 Å². The molecule has 0 aliphatic rings. The molecule has 1 unspecified atom stereocenters. The van der Waals surface area contributed by atoms with E-state index in [1.165, 1.54) is 36.3 Å². The minimum atomic E-state index is -0.850. The molecule has 1 amide bonds. The van der Waals surface area contributed by atoms with E-state index in [-0.39, 0.29) is 24.0 Å². The Morgan fingerprint density at radius 2 is 1.88 bits per heavy atom. The van der Waals surface area contributed by atoms with Crippen LogP contribution in [0.25, 0.3) is 6.08 Å². The minimum absolute atomic E-state index is 0.0279. The monoisotopic (exact) mass is 343 g/mol. The molecule has 0 spiro atoms. The summed E-state index contributed by atoms with van der Waals surface area (Å²) in [5, 5.41) is 29.0. The summed E-state index contributed by atoms with van der Waals surface area (Å²) in [6.45, 7) is 0.118. The Morgan fingerprint density at radius 3 is 2.52 bits per heavy atom. The summed E-state index contributed by atoms with van der Waals surface area (Å²) in [5.74, 6) is 0.198. The smallest absolute Gasteiger partial charge is 0.246 e. The van der Waals surface area contributed by atoms with Gasteiger partial charge in [0.05, 0.1) is 19.8 Å². The summed E-state index contributed by atoms with van der Waals surface area (Å²) in [5.41, 5.74) is 1.32. The Kier molecular flexibility index (Phi) is 6.03. The lowest BCUT2D eigenvalue weighted by Gasteiger charge is -2.19. The van der Waals surface area contributed by atoms with Gasteiger partial charge in [-0.2, -0.15) is 0 Å². The Morgan fingerprint density at radius 1 is 1.20 bits per heavy atom. The highest BCUT2D eigenvalue weighted by Gasteiger charge is 2.13. The predicted octanol–water partition coefficient (Wildman–Crippen LogP) is 2.31. The zero-order valence-corrected chi connectivity index (χ0v) is 14.1.